The first kappa shape index (κ1) is 17.0. The Morgan fingerprint density at radius 1 is 1.08 bits per heavy atom. The van der Waals surface area contributed by atoms with E-state index in [-0.39, 0.29) is 11.8 Å². The molecule has 0 aliphatic rings. The molecule has 3 rings (SSSR count). The smallest absolute Gasteiger partial charge is 0.255 e. The molecule has 0 radical (unpaired) electrons. The normalized spacial score (nSPS) is 10.2. The quantitative estimate of drug-likeness (QED) is 0.591. The Morgan fingerprint density at radius 2 is 1.88 bits per heavy atom. The van der Waals surface area contributed by atoms with Crippen molar-refractivity contribution in [1.82, 2.24) is 20.6 Å². The van der Waals surface area contributed by atoms with Crippen LogP contribution in [0.1, 0.15) is 21.7 Å². The van der Waals surface area contributed by atoms with Crippen molar-refractivity contribution in [1.29, 1.82) is 0 Å². The lowest BCUT2D eigenvalue weighted by molar-refractivity contribution is -0.111. The molecule has 2 amide bonds. The number of hydrogen-bond acceptors (Lipinski definition) is 5. The first-order chi connectivity index (χ1) is 12.6. The molecule has 8 nitrogen and oxygen atoms in total. The van der Waals surface area contributed by atoms with Gasteiger partial charge < -0.3 is 10.6 Å². The standard InChI is InChI=1S/C18H16N6O2/c1-2-17(25)19-14-8-6-13(7-9-14)18(26)20-15-5-3-4-12(10-15)11-16-21-23-24-22-16/h2-10H,1,11H2,(H,19,25)(H,20,26)(H,21,22,23,24). The number of rotatable bonds is 6. The Labute approximate surface area is 149 Å². The van der Waals surface area contributed by atoms with Crippen molar-refractivity contribution in [2.75, 3.05) is 10.6 Å². The van der Waals surface area contributed by atoms with Crippen LogP contribution in [0, 0.1) is 0 Å². The fraction of sp³-hybridized carbons (Fsp3) is 0.0556. The molecule has 0 spiro atoms. The van der Waals surface area contributed by atoms with E-state index in [1.54, 1.807) is 30.3 Å². The van der Waals surface area contributed by atoms with Crippen LogP contribution in [0.15, 0.2) is 61.2 Å². The zero-order valence-corrected chi connectivity index (χ0v) is 13.8. The predicted molar refractivity (Wildman–Crippen MR) is 96.6 cm³/mol. The van der Waals surface area contributed by atoms with Gasteiger partial charge in [0.1, 0.15) is 0 Å². The Bertz CT molecular complexity index is 919. The molecule has 2 aromatic carbocycles. The van der Waals surface area contributed by atoms with Crippen molar-refractivity contribution in [3.8, 4) is 0 Å². The molecule has 26 heavy (non-hydrogen) atoms. The maximum absolute atomic E-state index is 12.4. The Hall–Kier alpha value is -3.81. The molecule has 0 saturated carbocycles. The predicted octanol–water partition coefficient (Wildman–Crippen LogP) is 2.17. The van der Waals surface area contributed by atoms with Gasteiger partial charge in [-0.3, -0.25) is 9.59 Å². The molecule has 0 aliphatic carbocycles. The van der Waals surface area contributed by atoms with E-state index in [9.17, 15) is 9.59 Å². The molecule has 1 heterocycles. The number of benzene rings is 2. The first-order valence-corrected chi connectivity index (χ1v) is 7.80. The van der Waals surface area contributed by atoms with Crippen molar-refractivity contribution in [2.24, 2.45) is 0 Å². The highest BCUT2D eigenvalue weighted by Gasteiger charge is 2.08. The van der Waals surface area contributed by atoms with E-state index >= 15 is 0 Å². The summed E-state index contributed by atoms with van der Waals surface area (Å²) in [6.45, 7) is 3.39. The summed E-state index contributed by atoms with van der Waals surface area (Å²) in [7, 11) is 0. The van der Waals surface area contributed by atoms with Gasteiger partial charge in [-0.1, -0.05) is 23.9 Å². The molecular weight excluding hydrogens is 332 g/mol. The van der Waals surface area contributed by atoms with Crippen molar-refractivity contribution in [3.05, 3.63) is 78.1 Å². The van der Waals surface area contributed by atoms with E-state index in [1.807, 2.05) is 18.2 Å². The van der Waals surface area contributed by atoms with Gasteiger partial charge in [-0.25, -0.2) is 0 Å². The fourth-order valence-corrected chi connectivity index (χ4v) is 2.30. The molecule has 3 aromatic rings. The van der Waals surface area contributed by atoms with Crippen LogP contribution >= 0.6 is 0 Å². The number of carbonyl (C=O) groups is 2. The maximum Gasteiger partial charge on any atom is 0.255 e. The lowest BCUT2D eigenvalue weighted by atomic mass is 10.1. The van der Waals surface area contributed by atoms with Gasteiger partial charge in [-0.15, -0.1) is 10.2 Å². The average molecular weight is 348 g/mol. The lowest BCUT2D eigenvalue weighted by Crippen LogP contribution is -2.12. The second-order valence-electron chi connectivity index (χ2n) is 5.43. The van der Waals surface area contributed by atoms with E-state index in [0.29, 0.717) is 29.2 Å². The number of aromatic nitrogens is 4. The van der Waals surface area contributed by atoms with Gasteiger partial charge in [-0.2, -0.15) is 5.21 Å². The SMILES string of the molecule is C=CC(=O)Nc1ccc(C(=O)Nc2cccc(Cc3nn[nH]n3)c2)cc1. The zero-order valence-electron chi connectivity index (χ0n) is 13.8. The number of tetrazole rings is 1. The summed E-state index contributed by atoms with van der Waals surface area (Å²) in [5, 5.41) is 19.2. The summed E-state index contributed by atoms with van der Waals surface area (Å²) in [5.74, 6) is 0.0227. The maximum atomic E-state index is 12.4. The molecule has 130 valence electrons. The monoisotopic (exact) mass is 348 g/mol. The number of H-pyrrole nitrogens is 1. The fourth-order valence-electron chi connectivity index (χ4n) is 2.30. The van der Waals surface area contributed by atoms with Crippen molar-refractivity contribution in [3.63, 3.8) is 0 Å². The minimum atomic E-state index is -0.305. The largest absolute Gasteiger partial charge is 0.323 e. The highest BCUT2D eigenvalue weighted by molar-refractivity contribution is 6.05. The molecule has 3 N–H and O–H groups in total. The van der Waals surface area contributed by atoms with Gasteiger partial charge in [0.2, 0.25) is 5.91 Å². The van der Waals surface area contributed by atoms with Crippen molar-refractivity contribution >= 4 is 23.2 Å². The van der Waals surface area contributed by atoms with Crippen LogP contribution in [-0.4, -0.2) is 32.4 Å². The van der Waals surface area contributed by atoms with Crippen LogP contribution in [0.5, 0.6) is 0 Å². The topological polar surface area (TPSA) is 113 Å². The molecule has 0 atom stereocenters. The number of anilines is 2. The number of nitrogens with zero attached hydrogens (tertiary/aromatic N) is 3. The molecule has 0 bridgehead atoms. The van der Waals surface area contributed by atoms with Gasteiger partial charge in [0, 0.05) is 23.4 Å². The van der Waals surface area contributed by atoms with Gasteiger partial charge in [-0.05, 0) is 48.0 Å². The number of aromatic amines is 1. The van der Waals surface area contributed by atoms with Gasteiger partial charge in [0.05, 0.1) is 0 Å². The van der Waals surface area contributed by atoms with Crippen molar-refractivity contribution < 1.29 is 9.59 Å². The first-order valence-electron chi connectivity index (χ1n) is 7.80. The van der Waals surface area contributed by atoms with E-state index in [2.05, 4.69) is 37.8 Å². The van der Waals surface area contributed by atoms with Gasteiger partial charge >= 0.3 is 0 Å². The summed E-state index contributed by atoms with van der Waals surface area (Å²) in [6.07, 6.45) is 1.69. The Morgan fingerprint density at radius 3 is 2.58 bits per heavy atom. The molecular formula is C18H16N6O2. The average Bonchev–Trinajstić information content (AvgIpc) is 3.15. The third-order valence-corrected chi connectivity index (χ3v) is 3.54. The molecule has 0 aliphatic heterocycles. The van der Waals surface area contributed by atoms with Crippen LogP contribution < -0.4 is 10.6 Å². The summed E-state index contributed by atoms with van der Waals surface area (Å²) in [6, 6.07) is 14.0. The number of carbonyl (C=O) groups excluding carboxylic acids is 2. The highest BCUT2D eigenvalue weighted by Crippen LogP contribution is 2.15. The second kappa shape index (κ2) is 7.84. The minimum Gasteiger partial charge on any atom is -0.323 e. The van der Waals surface area contributed by atoms with E-state index in [0.717, 1.165) is 5.56 Å². The molecule has 8 heteroatoms. The van der Waals surface area contributed by atoms with Gasteiger partial charge in [0.25, 0.3) is 5.91 Å². The molecule has 1 aromatic heterocycles. The Kier molecular flexibility index (Phi) is 5.14. The van der Waals surface area contributed by atoms with E-state index < -0.39 is 0 Å². The van der Waals surface area contributed by atoms with E-state index in [4.69, 9.17) is 0 Å². The summed E-state index contributed by atoms with van der Waals surface area (Å²) >= 11 is 0. The highest BCUT2D eigenvalue weighted by atomic mass is 16.2. The number of nitrogens with one attached hydrogen (secondary N) is 3. The van der Waals surface area contributed by atoms with Gasteiger partial charge in [0.15, 0.2) is 5.82 Å². The Balaban J connectivity index is 1.66. The summed E-state index contributed by atoms with van der Waals surface area (Å²) in [4.78, 5) is 23.6. The number of hydrogen-bond donors (Lipinski definition) is 3. The minimum absolute atomic E-state index is 0.247. The zero-order chi connectivity index (χ0) is 18.4. The van der Waals surface area contributed by atoms with Crippen LogP contribution in [0.25, 0.3) is 0 Å². The molecule has 0 fully saturated rings. The summed E-state index contributed by atoms with van der Waals surface area (Å²) < 4.78 is 0. The van der Waals surface area contributed by atoms with Crippen LogP contribution in [-0.2, 0) is 11.2 Å². The summed E-state index contributed by atoms with van der Waals surface area (Å²) in [5.41, 5.74) is 2.69. The third kappa shape index (κ3) is 4.38. The van der Waals surface area contributed by atoms with Crippen LogP contribution in [0.2, 0.25) is 0 Å². The number of amides is 2. The lowest BCUT2D eigenvalue weighted by Gasteiger charge is -2.08. The second-order valence-corrected chi connectivity index (χ2v) is 5.43. The molecule has 0 saturated heterocycles. The molecule has 0 unspecified atom stereocenters. The third-order valence-electron chi connectivity index (χ3n) is 3.54. The van der Waals surface area contributed by atoms with Crippen LogP contribution in [0.3, 0.4) is 0 Å². The van der Waals surface area contributed by atoms with E-state index in [1.165, 1.54) is 6.08 Å². The van der Waals surface area contributed by atoms with Crippen LogP contribution in [0.4, 0.5) is 11.4 Å². The van der Waals surface area contributed by atoms with Crippen molar-refractivity contribution in [2.45, 2.75) is 6.42 Å².